The van der Waals surface area contributed by atoms with E-state index in [4.69, 9.17) is 30.6 Å². The fourth-order valence-corrected chi connectivity index (χ4v) is 1.28. The summed E-state index contributed by atoms with van der Waals surface area (Å²) in [6.45, 7) is 6.48. The number of Topliss-reactive ketones (excluding diaryl/α,β-unsaturated/α-hetero) is 1. The molecule has 0 unspecified atom stereocenters. The highest BCUT2D eigenvalue weighted by Gasteiger charge is 2.33. The number of carboxylic acid groups (broad SMARTS) is 1. The molecule has 0 rings (SSSR count). The van der Waals surface area contributed by atoms with E-state index in [9.17, 15) is 9.59 Å². The zero-order chi connectivity index (χ0) is 17.0. The Balaban J connectivity index is 0. The summed E-state index contributed by atoms with van der Waals surface area (Å²) in [5, 5.41) is 51.2. The van der Waals surface area contributed by atoms with Crippen molar-refractivity contribution in [1.82, 2.24) is 4.90 Å². The Kier molecular flexibility index (Phi) is 13.3. The Morgan fingerprint density at radius 3 is 1.76 bits per heavy atom. The van der Waals surface area contributed by atoms with Crippen molar-refractivity contribution in [3.63, 3.8) is 0 Å². The minimum absolute atomic E-state index is 0.279. The molecule has 0 amide bonds. The van der Waals surface area contributed by atoms with Crippen LogP contribution in [0.5, 0.6) is 0 Å². The van der Waals surface area contributed by atoms with Crippen molar-refractivity contribution in [2.45, 2.75) is 32.2 Å². The van der Waals surface area contributed by atoms with Crippen molar-refractivity contribution in [2.75, 3.05) is 32.8 Å². The van der Waals surface area contributed by atoms with Gasteiger partial charge >= 0.3 is 5.97 Å². The van der Waals surface area contributed by atoms with E-state index < -0.39 is 36.7 Å². The Bertz CT molecular complexity index is 295. The van der Waals surface area contributed by atoms with Crippen LogP contribution >= 0.6 is 0 Å². The smallest absolute Gasteiger partial charge is 0.375 e. The zero-order valence-electron chi connectivity index (χ0n) is 12.2. The molecular weight excluding hydrogens is 286 g/mol. The predicted octanol–water partition coefficient (Wildman–Crippen LogP) is -2.96. The number of carbonyl (C=O) groups excluding carboxylic acids is 1. The average Bonchev–Trinajstić information content (AvgIpc) is 2.49. The number of hydrogen-bond donors (Lipinski definition) is 6. The largest absolute Gasteiger partial charge is 0.475 e. The molecule has 0 spiro atoms. The topological polar surface area (TPSA) is 159 Å². The number of carbonyl (C=O) groups is 2. The molecule has 0 aliphatic heterocycles. The number of aliphatic hydroxyl groups excluding tert-OH is 5. The highest BCUT2D eigenvalue weighted by molar-refractivity contribution is 6.34. The number of hydrogen-bond acceptors (Lipinski definition) is 8. The van der Waals surface area contributed by atoms with Gasteiger partial charge in [0.15, 0.2) is 6.10 Å². The molecule has 21 heavy (non-hydrogen) atoms. The van der Waals surface area contributed by atoms with Gasteiger partial charge in [0.25, 0.3) is 5.78 Å². The van der Waals surface area contributed by atoms with E-state index in [0.29, 0.717) is 0 Å². The molecule has 0 aromatic heterocycles. The molecule has 6 N–H and O–H groups in total. The molecule has 0 aliphatic rings. The van der Waals surface area contributed by atoms with Gasteiger partial charge in [0, 0.05) is 6.54 Å². The third kappa shape index (κ3) is 9.45. The SMILES string of the molecule is CCN(CC)CCO.O=C(O)C(=O)[C@@H](O)[C@H](O)[C@H](O)CO. The van der Waals surface area contributed by atoms with E-state index in [-0.39, 0.29) is 6.61 Å². The highest BCUT2D eigenvalue weighted by atomic mass is 16.4. The third-order valence-corrected chi connectivity index (χ3v) is 2.69. The standard InChI is InChI=1S/C6H15NO.C6H10O7/c1-3-7(4-2)5-6-8;7-1-2(8)3(9)4(10)5(11)6(12)13/h8H,3-6H2,1-2H3;2-4,7-10H,1H2,(H,12,13)/t;2-,3-,4+/m.1/s1. The maximum Gasteiger partial charge on any atom is 0.375 e. The second kappa shape index (κ2) is 12.6. The number of aliphatic carboxylic acids is 1. The first kappa shape index (κ1) is 22.2. The molecule has 3 atom stereocenters. The minimum Gasteiger partial charge on any atom is -0.475 e. The van der Waals surface area contributed by atoms with Crippen LogP contribution in [0.15, 0.2) is 0 Å². The van der Waals surface area contributed by atoms with Crippen LogP contribution in [0.2, 0.25) is 0 Å². The maximum absolute atomic E-state index is 10.5. The van der Waals surface area contributed by atoms with Gasteiger partial charge in [-0.1, -0.05) is 13.8 Å². The van der Waals surface area contributed by atoms with E-state index in [1.165, 1.54) is 0 Å². The first-order valence-corrected chi connectivity index (χ1v) is 6.52. The Morgan fingerprint density at radius 1 is 1.05 bits per heavy atom. The van der Waals surface area contributed by atoms with Crippen molar-refractivity contribution in [3.8, 4) is 0 Å². The number of rotatable bonds is 9. The van der Waals surface area contributed by atoms with Gasteiger partial charge in [0.1, 0.15) is 12.2 Å². The summed E-state index contributed by atoms with van der Waals surface area (Å²) >= 11 is 0. The van der Waals surface area contributed by atoms with Gasteiger partial charge in [0.05, 0.1) is 13.2 Å². The van der Waals surface area contributed by atoms with Crippen molar-refractivity contribution in [3.05, 3.63) is 0 Å². The van der Waals surface area contributed by atoms with E-state index >= 15 is 0 Å². The summed E-state index contributed by atoms with van der Waals surface area (Å²) in [7, 11) is 0. The van der Waals surface area contributed by atoms with E-state index in [0.717, 1.165) is 19.6 Å². The molecule has 0 saturated heterocycles. The maximum atomic E-state index is 10.5. The van der Waals surface area contributed by atoms with E-state index in [2.05, 4.69) is 18.7 Å². The summed E-state index contributed by atoms with van der Waals surface area (Å²) in [5.41, 5.74) is 0. The van der Waals surface area contributed by atoms with Crippen LogP contribution in [-0.4, -0.2) is 98.5 Å². The Labute approximate surface area is 123 Å². The number of aliphatic hydroxyl groups is 5. The second-order valence-electron chi connectivity index (χ2n) is 4.11. The average molecular weight is 311 g/mol. The molecule has 0 saturated carbocycles. The molecule has 9 heteroatoms. The van der Waals surface area contributed by atoms with Crippen LogP contribution in [0.3, 0.4) is 0 Å². The Hall–Kier alpha value is -1.10. The summed E-state index contributed by atoms with van der Waals surface area (Å²) in [6, 6.07) is 0. The quantitative estimate of drug-likeness (QED) is 0.244. The highest BCUT2D eigenvalue weighted by Crippen LogP contribution is 2.01. The Morgan fingerprint density at radius 2 is 1.52 bits per heavy atom. The molecule has 0 aliphatic carbocycles. The molecule has 0 aromatic carbocycles. The normalized spacial score (nSPS) is 14.9. The van der Waals surface area contributed by atoms with E-state index in [1.54, 1.807) is 0 Å². The van der Waals surface area contributed by atoms with Crippen LogP contribution in [0.25, 0.3) is 0 Å². The van der Waals surface area contributed by atoms with Gasteiger partial charge in [-0.2, -0.15) is 0 Å². The molecule has 0 radical (unpaired) electrons. The van der Waals surface area contributed by atoms with Gasteiger partial charge < -0.3 is 35.5 Å². The fourth-order valence-electron chi connectivity index (χ4n) is 1.28. The lowest BCUT2D eigenvalue weighted by atomic mass is 10.1. The summed E-state index contributed by atoms with van der Waals surface area (Å²) in [5.74, 6) is -3.56. The lowest BCUT2D eigenvalue weighted by Gasteiger charge is -2.18. The van der Waals surface area contributed by atoms with Crippen LogP contribution in [-0.2, 0) is 9.59 Å². The summed E-state index contributed by atoms with van der Waals surface area (Å²) < 4.78 is 0. The first-order chi connectivity index (χ1) is 9.76. The van der Waals surface area contributed by atoms with Crippen LogP contribution in [0.4, 0.5) is 0 Å². The molecular formula is C12H25NO8. The summed E-state index contributed by atoms with van der Waals surface area (Å²) in [4.78, 5) is 22.7. The van der Waals surface area contributed by atoms with Crippen molar-refractivity contribution in [2.24, 2.45) is 0 Å². The van der Waals surface area contributed by atoms with Gasteiger partial charge in [-0.15, -0.1) is 0 Å². The molecule has 0 bridgehead atoms. The second-order valence-corrected chi connectivity index (χ2v) is 4.11. The molecule has 0 heterocycles. The number of ketones is 1. The van der Waals surface area contributed by atoms with Crippen LogP contribution in [0.1, 0.15) is 13.8 Å². The predicted molar refractivity (Wildman–Crippen MR) is 72.6 cm³/mol. The third-order valence-electron chi connectivity index (χ3n) is 2.69. The molecule has 0 aromatic rings. The number of nitrogens with zero attached hydrogens (tertiary/aromatic N) is 1. The minimum atomic E-state index is -2.24. The van der Waals surface area contributed by atoms with Gasteiger partial charge in [-0.3, -0.25) is 4.79 Å². The van der Waals surface area contributed by atoms with Crippen molar-refractivity contribution in [1.29, 1.82) is 0 Å². The lowest BCUT2D eigenvalue weighted by molar-refractivity contribution is -0.159. The van der Waals surface area contributed by atoms with Crippen LogP contribution in [0, 0.1) is 0 Å². The first-order valence-electron chi connectivity index (χ1n) is 6.52. The van der Waals surface area contributed by atoms with Gasteiger partial charge in [0.2, 0.25) is 0 Å². The molecule has 9 nitrogen and oxygen atoms in total. The van der Waals surface area contributed by atoms with Crippen molar-refractivity contribution < 1.29 is 40.2 Å². The number of carboxylic acids is 1. The fraction of sp³-hybridized carbons (Fsp3) is 0.833. The van der Waals surface area contributed by atoms with Crippen LogP contribution < -0.4 is 0 Å². The number of likely N-dealkylation sites (N-methyl/N-ethyl adjacent to an activating group) is 1. The van der Waals surface area contributed by atoms with Crippen molar-refractivity contribution >= 4 is 11.8 Å². The lowest BCUT2D eigenvalue weighted by Crippen LogP contribution is -2.46. The summed E-state index contributed by atoms with van der Waals surface area (Å²) in [6.07, 6.45) is -5.99. The van der Waals surface area contributed by atoms with Gasteiger partial charge in [-0.05, 0) is 13.1 Å². The molecule has 126 valence electrons. The zero-order valence-corrected chi connectivity index (χ0v) is 12.2. The van der Waals surface area contributed by atoms with E-state index in [1.807, 2.05) is 0 Å². The monoisotopic (exact) mass is 311 g/mol. The molecule has 0 fully saturated rings. The van der Waals surface area contributed by atoms with Gasteiger partial charge in [-0.25, -0.2) is 4.79 Å².